The molecule has 4 aromatic carbocycles. The fourth-order valence-electron chi connectivity index (χ4n) is 3.98. The number of carbonyl (C=O) groups excluding carboxylic acids is 1. The van der Waals surface area contributed by atoms with E-state index in [2.05, 4.69) is 5.10 Å². The molecule has 0 aliphatic heterocycles. The molecular formula is C30H21Cl2N3O4. The topological polar surface area (TPSA) is 82.8 Å². The maximum Gasteiger partial charge on any atom is 0.345 e. The van der Waals surface area contributed by atoms with Gasteiger partial charge in [0.05, 0.1) is 34.8 Å². The van der Waals surface area contributed by atoms with E-state index in [-0.39, 0.29) is 21.9 Å². The number of rotatable bonds is 6. The van der Waals surface area contributed by atoms with Crippen LogP contribution in [0.2, 0.25) is 10.0 Å². The van der Waals surface area contributed by atoms with Crippen molar-refractivity contribution in [3.63, 3.8) is 0 Å². The average molecular weight is 558 g/mol. The van der Waals surface area contributed by atoms with Crippen LogP contribution in [0.3, 0.4) is 0 Å². The van der Waals surface area contributed by atoms with E-state index in [9.17, 15) is 9.59 Å². The number of methoxy groups -OCH3 is 1. The Morgan fingerprint density at radius 3 is 2.54 bits per heavy atom. The summed E-state index contributed by atoms with van der Waals surface area (Å²) >= 11 is 12.1. The Morgan fingerprint density at radius 2 is 1.77 bits per heavy atom. The number of ether oxygens (including phenoxy) is 2. The van der Waals surface area contributed by atoms with E-state index >= 15 is 0 Å². The highest BCUT2D eigenvalue weighted by molar-refractivity contribution is 6.36. The highest BCUT2D eigenvalue weighted by atomic mass is 35.5. The molecule has 0 saturated carbocycles. The lowest BCUT2D eigenvalue weighted by molar-refractivity contribution is 0.0730. The summed E-state index contributed by atoms with van der Waals surface area (Å²) in [6, 6.07) is 24.2. The summed E-state index contributed by atoms with van der Waals surface area (Å²) in [6.45, 7) is 1.97. The molecule has 0 saturated heterocycles. The summed E-state index contributed by atoms with van der Waals surface area (Å²) in [5.74, 6) is 0.236. The first-order valence-corrected chi connectivity index (χ1v) is 12.6. The number of nitrogens with zero attached hydrogens (tertiary/aromatic N) is 3. The Kier molecular flexibility index (Phi) is 7.45. The van der Waals surface area contributed by atoms with Gasteiger partial charge >= 0.3 is 5.97 Å². The number of aromatic nitrogens is 2. The Bertz CT molecular complexity index is 1810. The minimum Gasteiger partial charge on any atom is -0.493 e. The van der Waals surface area contributed by atoms with Gasteiger partial charge in [0.1, 0.15) is 0 Å². The molecule has 0 bridgehead atoms. The van der Waals surface area contributed by atoms with Crippen molar-refractivity contribution in [3.05, 3.63) is 122 Å². The van der Waals surface area contributed by atoms with E-state index in [0.717, 1.165) is 11.1 Å². The number of aryl methyl sites for hydroxylation is 1. The molecule has 0 amide bonds. The molecule has 0 aliphatic rings. The van der Waals surface area contributed by atoms with Gasteiger partial charge in [-0.1, -0.05) is 59.1 Å². The Balaban J connectivity index is 1.51. The van der Waals surface area contributed by atoms with Crippen molar-refractivity contribution in [1.29, 1.82) is 0 Å². The lowest BCUT2D eigenvalue weighted by Gasteiger charge is -2.11. The second kappa shape index (κ2) is 11.1. The van der Waals surface area contributed by atoms with Crippen molar-refractivity contribution in [3.8, 4) is 22.9 Å². The fraction of sp³-hybridized carbons (Fsp3) is 0.0667. The van der Waals surface area contributed by atoms with Crippen LogP contribution in [0.15, 0.2) is 94.8 Å². The predicted octanol–water partition coefficient (Wildman–Crippen LogP) is 6.79. The first-order chi connectivity index (χ1) is 18.8. The number of halogens is 2. The van der Waals surface area contributed by atoms with Crippen LogP contribution in [-0.4, -0.2) is 29.0 Å². The van der Waals surface area contributed by atoms with Gasteiger partial charge in [-0.15, -0.1) is 0 Å². The van der Waals surface area contributed by atoms with Crippen LogP contribution in [0.25, 0.3) is 22.3 Å². The SMILES string of the molecule is COc1cc(C=Nn2c(-c3cccc(C)c3)nc3ccccc3c2=O)ccc1OC(=O)c1ccc(Cl)cc1Cl. The van der Waals surface area contributed by atoms with Gasteiger partial charge in [0, 0.05) is 10.6 Å². The van der Waals surface area contributed by atoms with Gasteiger partial charge in [-0.05, 0) is 67.1 Å². The zero-order valence-electron chi connectivity index (χ0n) is 20.9. The van der Waals surface area contributed by atoms with Gasteiger partial charge in [-0.3, -0.25) is 4.79 Å². The molecule has 0 fully saturated rings. The zero-order chi connectivity index (χ0) is 27.5. The van der Waals surface area contributed by atoms with Crippen LogP contribution >= 0.6 is 23.2 Å². The highest BCUT2D eigenvalue weighted by Gasteiger charge is 2.17. The van der Waals surface area contributed by atoms with Gasteiger partial charge in [-0.25, -0.2) is 9.78 Å². The molecule has 194 valence electrons. The standard InChI is InChI=1S/C30H21Cl2N3O4/c1-18-6-5-7-20(14-18)28-34-25-9-4-3-8-23(25)29(36)35(28)33-17-19-10-13-26(27(15-19)38-2)39-30(37)22-12-11-21(31)16-24(22)32/h3-17H,1-2H3. The van der Waals surface area contributed by atoms with Crippen LogP contribution in [0, 0.1) is 6.92 Å². The molecule has 9 heteroatoms. The molecule has 0 N–H and O–H groups in total. The van der Waals surface area contributed by atoms with Crippen molar-refractivity contribution >= 4 is 46.3 Å². The molecule has 1 heterocycles. The molecular weight excluding hydrogens is 537 g/mol. The van der Waals surface area contributed by atoms with Gasteiger partial charge in [0.15, 0.2) is 17.3 Å². The van der Waals surface area contributed by atoms with E-state index in [0.29, 0.717) is 33.1 Å². The molecule has 0 unspecified atom stereocenters. The van der Waals surface area contributed by atoms with Crippen molar-refractivity contribution in [1.82, 2.24) is 9.66 Å². The normalized spacial score (nSPS) is 11.2. The van der Waals surface area contributed by atoms with E-state index < -0.39 is 5.97 Å². The van der Waals surface area contributed by atoms with Crippen LogP contribution < -0.4 is 15.0 Å². The summed E-state index contributed by atoms with van der Waals surface area (Å²) in [5.41, 5.74) is 2.84. The van der Waals surface area contributed by atoms with Crippen molar-refractivity contribution in [2.24, 2.45) is 5.10 Å². The van der Waals surface area contributed by atoms with Crippen LogP contribution in [0.4, 0.5) is 0 Å². The summed E-state index contributed by atoms with van der Waals surface area (Å²) in [4.78, 5) is 30.8. The average Bonchev–Trinajstić information content (AvgIpc) is 2.93. The van der Waals surface area contributed by atoms with Crippen molar-refractivity contribution in [2.45, 2.75) is 6.92 Å². The third kappa shape index (κ3) is 5.55. The Morgan fingerprint density at radius 1 is 0.949 bits per heavy atom. The second-order valence-electron chi connectivity index (χ2n) is 8.61. The number of fused-ring (bicyclic) bond motifs is 1. The number of hydrogen-bond acceptors (Lipinski definition) is 6. The molecule has 0 aliphatic carbocycles. The Labute approximate surface area is 233 Å². The highest BCUT2D eigenvalue weighted by Crippen LogP contribution is 2.30. The fourth-order valence-corrected chi connectivity index (χ4v) is 4.47. The lowest BCUT2D eigenvalue weighted by Crippen LogP contribution is -2.20. The summed E-state index contributed by atoms with van der Waals surface area (Å²) < 4.78 is 12.2. The van der Waals surface area contributed by atoms with Crippen molar-refractivity contribution < 1.29 is 14.3 Å². The third-order valence-electron chi connectivity index (χ3n) is 5.89. The molecule has 5 rings (SSSR count). The van der Waals surface area contributed by atoms with Gasteiger partial charge < -0.3 is 9.47 Å². The molecule has 39 heavy (non-hydrogen) atoms. The number of esters is 1. The van der Waals surface area contributed by atoms with E-state index in [4.69, 9.17) is 37.7 Å². The molecule has 0 radical (unpaired) electrons. The number of benzene rings is 4. The largest absolute Gasteiger partial charge is 0.493 e. The van der Waals surface area contributed by atoms with Crippen LogP contribution in [0.5, 0.6) is 11.5 Å². The first kappa shape index (κ1) is 26.2. The molecule has 7 nitrogen and oxygen atoms in total. The van der Waals surface area contributed by atoms with E-state index in [1.54, 1.807) is 42.5 Å². The van der Waals surface area contributed by atoms with E-state index in [1.165, 1.54) is 30.1 Å². The second-order valence-corrected chi connectivity index (χ2v) is 9.45. The zero-order valence-corrected chi connectivity index (χ0v) is 22.4. The quantitative estimate of drug-likeness (QED) is 0.130. The molecule has 0 spiro atoms. The summed E-state index contributed by atoms with van der Waals surface area (Å²) in [7, 11) is 1.45. The van der Waals surface area contributed by atoms with Crippen LogP contribution in [-0.2, 0) is 0 Å². The first-order valence-electron chi connectivity index (χ1n) is 11.8. The number of carbonyl (C=O) groups is 1. The van der Waals surface area contributed by atoms with Crippen LogP contribution in [0.1, 0.15) is 21.5 Å². The third-order valence-corrected chi connectivity index (χ3v) is 6.44. The summed E-state index contributed by atoms with van der Waals surface area (Å²) in [6.07, 6.45) is 1.52. The van der Waals surface area contributed by atoms with Gasteiger partial charge in [0.25, 0.3) is 5.56 Å². The predicted molar refractivity (Wildman–Crippen MR) is 154 cm³/mol. The molecule has 0 atom stereocenters. The van der Waals surface area contributed by atoms with E-state index in [1.807, 2.05) is 37.3 Å². The van der Waals surface area contributed by atoms with Crippen molar-refractivity contribution in [2.75, 3.05) is 7.11 Å². The monoisotopic (exact) mass is 557 g/mol. The maximum atomic E-state index is 13.4. The minimum absolute atomic E-state index is 0.167. The minimum atomic E-state index is -0.659. The lowest BCUT2D eigenvalue weighted by atomic mass is 10.1. The number of hydrogen-bond donors (Lipinski definition) is 0. The Hall–Kier alpha value is -4.46. The van der Waals surface area contributed by atoms with Gasteiger partial charge in [0.2, 0.25) is 0 Å². The maximum absolute atomic E-state index is 13.4. The summed E-state index contributed by atoms with van der Waals surface area (Å²) in [5, 5.41) is 5.52. The number of para-hydroxylation sites is 1. The smallest absolute Gasteiger partial charge is 0.345 e. The molecule has 1 aromatic heterocycles. The molecule has 5 aromatic rings. The van der Waals surface area contributed by atoms with Gasteiger partial charge in [-0.2, -0.15) is 9.78 Å².